The van der Waals surface area contributed by atoms with Gasteiger partial charge in [0.1, 0.15) is 0 Å². The van der Waals surface area contributed by atoms with Crippen molar-refractivity contribution in [2.45, 2.75) is 0 Å². The van der Waals surface area contributed by atoms with Crippen LogP contribution >= 0.6 is 15.9 Å². The second-order valence-corrected chi connectivity index (χ2v) is 22.7. The van der Waals surface area contributed by atoms with Crippen LogP contribution in [-0.2, 0) is 0 Å². The summed E-state index contributed by atoms with van der Waals surface area (Å²) in [7, 11) is -1.34. The highest BCUT2D eigenvalue weighted by Gasteiger charge is 2.24. The summed E-state index contributed by atoms with van der Waals surface area (Å²) >= 11 is 3.57. The molecule has 2 aromatic heterocycles. The number of rotatable bonds is 8. The van der Waals surface area contributed by atoms with Gasteiger partial charge in [0, 0.05) is 33.6 Å². The number of nitrogens with zero attached hydrogens (tertiary/aromatic N) is 2. The topological polar surface area (TPSA) is 66.2 Å². The number of hydrogen-bond donors (Lipinski definition) is 2. The van der Waals surface area contributed by atoms with Crippen LogP contribution in [0.25, 0.3) is 143 Å². The van der Waals surface area contributed by atoms with Crippen LogP contribution in [0.2, 0.25) is 0 Å². The average Bonchev–Trinajstić information content (AvgIpc) is 0.806. The summed E-state index contributed by atoms with van der Waals surface area (Å²) in [5.74, 6) is 0. The Hall–Kier alpha value is -10.6. The summed E-state index contributed by atoms with van der Waals surface area (Å²) < 4.78 is 0.970. The fourth-order valence-corrected chi connectivity index (χ4v) is 12.9. The molecule has 16 rings (SSSR count). The lowest BCUT2D eigenvalue weighted by molar-refractivity contribution is 0.426. The number of aromatic nitrogens is 2. The molecule has 0 aliphatic carbocycles. The Balaban J connectivity index is 0.000000136. The second kappa shape index (κ2) is 24.8. The summed E-state index contributed by atoms with van der Waals surface area (Å²) in [6.45, 7) is 0. The average molecular weight is 1190 g/mol. The third-order valence-electron chi connectivity index (χ3n) is 16.6. The first-order valence-electron chi connectivity index (χ1n) is 29.5. The first-order valence-corrected chi connectivity index (χ1v) is 30.3. The highest BCUT2D eigenvalue weighted by Crippen LogP contribution is 2.51. The minimum atomic E-state index is -1.34. The highest BCUT2D eigenvalue weighted by molar-refractivity contribution is 9.10. The molecule has 16 aromatic rings. The van der Waals surface area contributed by atoms with E-state index in [0.29, 0.717) is 5.46 Å². The van der Waals surface area contributed by atoms with Crippen LogP contribution in [0, 0.1) is 0 Å². The summed E-state index contributed by atoms with van der Waals surface area (Å²) in [5.41, 5.74) is 16.6. The van der Waals surface area contributed by atoms with Crippen molar-refractivity contribution in [1.82, 2.24) is 9.97 Å². The first kappa shape index (κ1) is 55.3. The van der Waals surface area contributed by atoms with E-state index in [-0.39, 0.29) is 0 Å². The maximum atomic E-state index is 8.58. The summed E-state index contributed by atoms with van der Waals surface area (Å²) in [6.07, 6.45) is 3.89. The maximum Gasteiger partial charge on any atom is 0.488 e. The first-order chi connectivity index (χ1) is 43.5. The van der Waals surface area contributed by atoms with Crippen LogP contribution in [-0.4, -0.2) is 27.1 Å². The smallest absolute Gasteiger partial charge is 0.423 e. The lowest BCUT2D eigenvalue weighted by atomic mass is 9.81. The van der Waals surface area contributed by atoms with Gasteiger partial charge in [-0.3, -0.25) is 9.97 Å². The van der Waals surface area contributed by atoms with Crippen LogP contribution in [0.4, 0.5) is 0 Å². The largest absolute Gasteiger partial charge is 0.488 e. The van der Waals surface area contributed by atoms with Crippen LogP contribution < -0.4 is 5.46 Å². The van der Waals surface area contributed by atoms with Crippen molar-refractivity contribution in [3.63, 3.8) is 0 Å². The molecule has 4 nitrogen and oxygen atoms in total. The minimum absolute atomic E-state index is 0.525. The summed E-state index contributed by atoms with van der Waals surface area (Å²) in [5, 5.41) is 32.4. The Morgan fingerprint density at radius 3 is 0.886 bits per heavy atom. The van der Waals surface area contributed by atoms with E-state index in [1.165, 1.54) is 115 Å². The van der Waals surface area contributed by atoms with E-state index in [9.17, 15) is 0 Å². The molecule has 6 heteroatoms. The van der Waals surface area contributed by atoms with Gasteiger partial charge in [-0.05, 0) is 166 Å². The van der Waals surface area contributed by atoms with Crippen LogP contribution in [0.5, 0.6) is 0 Å². The molecule has 14 aromatic carbocycles. The molecule has 0 bridgehead atoms. The van der Waals surface area contributed by atoms with E-state index in [1.807, 2.05) is 24.5 Å². The molecular formula is C82H56BBrN2O2. The van der Waals surface area contributed by atoms with E-state index >= 15 is 0 Å². The molecule has 2 heterocycles. The number of benzene rings is 14. The molecule has 0 unspecified atom stereocenters. The van der Waals surface area contributed by atoms with Crippen molar-refractivity contribution in [2.24, 2.45) is 0 Å². The molecular weight excluding hydrogens is 1140 g/mol. The van der Waals surface area contributed by atoms with Gasteiger partial charge in [0.15, 0.2) is 0 Å². The van der Waals surface area contributed by atoms with Crippen molar-refractivity contribution < 1.29 is 10.0 Å². The van der Waals surface area contributed by atoms with Crippen LogP contribution in [0.15, 0.2) is 332 Å². The van der Waals surface area contributed by atoms with Gasteiger partial charge in [-0.15, -0.1) is 0 Å². The molecule has 0 fully saturated rings. The standard InChI is InChI=1S/C41H27N.C35H22BrN.C6H7BO2/c1-4-14-28(15-5-1)31-24-25-38(42-27-31)37-26-36(29-16-6-2-7-17-29)40-34-22-12-10-20-32(34)33-21-11-13-23-35(33)41(40)39(37)30-18-8-3-9-19-30;36-25-19-20-32(37-22-25)31-21-30(23-11-3-1-4-12-23)34-28-17-9-7-15-26(28)27-16-8-10-18-29(27)35(34)33(31)24-13-5-2-6-14-24;8-7(9)6-4-2-1-3-5-6/h1-27H;1-22H;1-5,8-9H. The third-order valence-corrected chi connectivity index (χ3v) is 17.0. The van der Waals surface area contributed by atoms with Crippen molar-refractivity contribution in [1.29, 1.82) is 0 Å². The zero-order valence-electron chi connectivity index (χ0n) is 47.9. The van der Waals surface area contributed by atoms with Gasteiger partial charge in [0.05, 0.1) is 11.4 Å². The van der Waals surface area contributed by atoms with Crippen LogP contribution in [0.1, 0.15) is 0 Å². The molecule has 2 N–H and O–H groups in total. The maximum absolute atomic E-state index is 8.58. The Morgan fingerprint density at radius 2 is 0.557 bits per heavy atom. The molecule has 0 atom stereocenters. The fourth-order valence-electron chi connectivity index (χ4n) is 12.6. The molecule has 88 heavy (non-hydrogen) atoms. The zero-order valence-corrected chi connectivity index (χ0v) is 49.5. The second-order valence-electron chi connectivity index (χ2n) is 21.8. The molecule has 0 aliphatic rings. The monoisotopic (exact) mass is 1190 g/mol. The number of halogens is 1. The van der Waals surface area contributed by atoms with Crippen molar-refractivity contribution >= 4 is 93.1 Å². The van der Waals surface area contributed by atoms with Crippen molar-refractivity contribution in [3.8, 4) is 78.1 Å². The molecule has 0 amide bonds. The minimum Gasteiger partial charge on any atom is -0.423 e. The van der Waals surface area contributed by atoms with E-state index in [4.69, 9.17) is 20.0 Å². The van der Waals surface area contributed by atoms with Gasteiger partial charge in [-0.25, -0.2) is 0 Å². The Labute approximate surface area is 520 Å². The lowest BCUT2D eigenvalue weighted by Crippen LogP contribution is -2.29. The van der Waals surface area contributed by atoms with Gasteiger partial charge >= 0.3 is 7.12 Å². The van der Waals surface area contributed by atoms with Gasteiger partial charge in [-0.2, -0.15) is 0 Å². The Kier molecular flexibility index (Phi) is 15.6. The number of hydrogen-bond acceptors (Lipinski definition) is 4. The van der Waals surface area contributed by atoms with Crippen molar-refractivity contribution in [3.05, 3.63) is 332 Å². The van der Waals surface area contributed by atoms with Gasteiger partial charge in [0.25, 0.3) is 0 Å². The van der Waals surface area contributed by atoms with Gasteiger partial charge in [0.2, 0.25) is 0 Å². The van der Waals surface area contributed by atoms with Gasteiger partial charge in [-0.1, -0.05) is 285 Å². The Morgan fingerprint density at radius 1 is 0.250 bits per heavy atom. The van der Waals surface area contributed by atoms with E-state index in [1.54, 1.807) is 24.3 Å². The summed E-state index contributed by atoms with van der Waals surface area (Å²) in [4.78, 5) is 9.97. The predicted octanol–water partition coefficient (Wildman–Crippen LogP) is 20.9. The van der Waals surface area contributed by atoms with Crippen LogP contribution in [0.3, 0.4) is 0 Å². The SMILES string of the molecule is Brc1ccc(-c2cc(-c3ccccc3)c3c4ccccc4c4ccccc4c3c2-c2ccccc2)nc1.OB(O)c1ccccc1.c1ccc(-c2ccc(-c3cc(-c4ccccc4)c4c5ccccc5c5ccccc5c4c3-c3ccccc3)nc2)cc1. The van der Waals surface area contributed by atoms with Gasteiger partial charge < -0.3 is 10.0 Å². The fraction of sp³-hybridized carbons (Fsp3) is 0. The summed E-state index contributed by atoms with van der Waals surface area (Å²) in [6, 6.07) is 111. The highest BCUT2D eigenvalue weighted by atomic mass is 79.9. The molecule has 0 saturated heterocycles. The van der Waals surface area contributed by atoms with Crippen molar-refractivity contribution in [2.75, 3.05) is 0 Å². The predicted molar refractivity (Wildman–Crippen MR) is 376 cm³/mol. The molecule has 0 aliphatic heterocycles. The lowest BCUT2D eigenvalue weighted by Gasteiger charge is -2.21. The Bertz CT molecular complexity index is 5130. The molecule has 416 valence electrons. The number of fused-ring (bicyclic) bond motifs is 12. The zero-order chi connectivity index (χ0) is 59.3. The van der Waals surface area contributed by atoms with E-state index < -0.39 is 7.12 Å². The normalized spacial score (nSPS) is 11.1. The van der Waals surface area contributed by atoms with E-state index in [2.05, 4.69) is 295 Å². The number of pyridine rings is 2. The third kappa shape index (κ3) is 10.7. The molecule has 0 radical (unpaired) electrons. The quantitative estimate of drug-likeness (QED) is 0.118. The molecule has 0 spiro atoms. The van der Waals surface area contributed by atoms with E-state index in [0.717, 1.165) is 32.6 Å². The molecule has 0 saturated carbocycles.